The number of hydrogen-bond acceptors (Lipinski definition) is 4. The van der Waals surface area contributed by atoms with E-state index in [1.165, 1.54) is 25.7 Å². The van der Waals surface area contributed by atoms with Gasteiger partial charge in [0.25, 0.3) is 0 Å². The van der Waals surface area contributed by atoms with Crippen LogP contribution in [0.4, 0.5) is 0 Å². The Balaban J connectivity index is 1.98. The second-order valence-corrected chi connectivity index (χ2v) is 7.98. The van der Waals surface area contributed by atoms with Crippen LogP contribution >= 0.6 is 0 Å². The molecule has 1 aliphatic carbocycles. The van der Waals surface area contributed by atoms with Gasteiger partial charge in [-0.3, -0.25) is 5.32 Å². The van der Waals surface area contributed by atoms with E-state index in [-0.39, 0.29) is 11.5 Å². The number of rotatable bonds is 2. The molecule has 1 aliphatic heterocycles. The highest BCUT2D eigenvalue weighted by Crippen LogP contribution is 2.26. The normalized spacial score (nSPS) is 28.2. The molecule has 0 aromatic heterocycles. The first-order chi connectivity index (χ1) is 8.55. The Morgan fingerprint density at radius 2 is 1.61 bits per heavy atom. The van der Waals surface area contributed by atoms with E-state index in [1.54, 1.807) is 0 Å². The fourth-order valence-electron chi connectivity index (χ4n) is 2.99. The molecule has 0 aromatic rings. The molecule has 2 rings (SSSR count). The van der Waals surface area contributed by atoms with E-state index >= 15 is 0 Å². The van der Waals surface area contributed by atoms with E-state index in [9.17, 15) is 13.7 Å². The Bertz CT molecular complexity index is 403. The second kappa shape index (κ2) is 5.58. The number of nitrogens with zero attached hydrogens (tertiary/aromatic N) is 1. The van der Waals surface area contributed by atoms with E-state index in [4.69, 9.17) is 0 Å². The average molecular weight is 270 g/mol. The molecule has 1 saturated heterocycles. The smallest absolute Gasteiger partial charge is 0.150 e. The lowest BCUT2D eigenvalue weighted by atomic mass is 9.91. The minimum absolute atomic E-state index is 0.153. The molecule has 0 spiro atoms. The molecule has 1 N–H and O–H groups in total. The van der Waals surface area contributed by atoms with Crippen molar-refractivity contribution in [3.8, 4) is 6.07 Å². The molecule has 2 aliphatic rings. The Morgan fingerprint density at radius 3 is 2.11 bits per heavy atom. The molecule has 0 radical (unpaired) electrons. The standard InChI is InChI=1S/C13H22N2O2S/c14-11-13(7-9-18(16,17)10-8-13)15-12-5-3-1-2-4-6-12/h12,15H,1-10H2. The van der Waals surface area contributed by atoms with Crippen LogP contribution in [0.3, 0.4) is 0 Å². The maximum atomic E-state index is 11.5. The van der Waals surface area contributed by atoms with Crippen LogP contribution in [-0.2, 0) is 9.84 Å². The third-order valence-electron chi connectivity index (χ3n) is 4.23. The van der Waals surface area contributed by atoms with Gasteiger partial charge in [0.15, 0.2) is 9.84 Å². The number of sulfone groups is 1. The average Bonchev–Trinajstić information content (AvgIpc) is 2.61. The van der Waals surface area contributed by atoms with Crippen LogP contribution in [-0.4, -0.2) is 31.5 Å². The Kier molecular flexibility index (Phi) is 4.29. The van der Waals surface area contributed by atoms with Crippen molar-refractivity contribution in [3.63, 3.8) is 0 Å². The first-order valence-electron chi connectivity index (χ1n) is 6.95. The van der Waals surface area contributed by atoms with Crippen LogP contribution in [0.15, 0.2) is 0 Å². The summed E-state index contributed by atoms with van der Waals surface area (Å²) in [5.41, 5.74) is -0.597. The SMILES string of the molecule is N#CC1(NC2CCCCCC2)CCS(=O)(=O)CC1. The van der Waals surface area contributed by atoms with E-state index in [0.29, 0.717) is 18.9 Å². The van der Waals surface area contributed by atoms with Gasteiger partial charge < -0.3 is 0 Å². The minimum Gasteiger partial charge on any atom is -0.297 e. The van der Waals surface area contributed by atoms with Crippen molar-refractivity contribution in [3.05, 3.63) is 0 Å². The molecule has 1 heterocycles. The van der Waals surface area contributed by atoms with Gasteiger partial charge >= 0.3 is 0 Å². The Hall–Kier alpha value is -0.600. The van der Waals surface area contributed by atoms with E-state index < -0.39 is 15.4 Å². The first-order valence-corrected chi connectivity index (χ1v) is 8.77. The third kappa shape index (κ3) is 3.46. The predicted octanol–water partition coefficient (Wildman–Crippen LogP) is 1.77. The Morgan fingerprint density at radius 1 is 1.06 bits per heavy atom. The molecule has 102 valence electrons. The van der Waals surface area contributed by atoms with Crippen LogP contribution in [0.2, 0.25) is 0 Å². The van der Waals surface area contributed by atoms with E-state index in [2.05, 4.69) is 11.4 Å². The molecule has 0 aromatic carbocycles. The molecular formula is C13H22N2O2S. The fourth-order valence-corrected chi connectivity index (χ4v) is 4.51. The Labute approximate surface area is 110 Å². The molecule has 0 unspecified atom stereocenters. The molecule has 5 heteroatoms. The van der Waals surface area contributed by atoms with Crippen LogP contribution in [0.1, 0.15) is 51.4 Å². The van der Waals surface area contributed by atoms with Gasteiger partial charge in [0.2, 0.25) is 0 Å². The van der Waals surface area contributed by atoms with Crippen molar-refractivity contribution in [2.45, 2.75) is 62.9 Å². The molecule has 2 fully saturated rings. The summed E-state index contributed by atoms with van der Waals surface area (Å²) in [5.74, 6) is 0.306. The molecule has 0 bridgehead atoms. The zero-order chi connectivity index (χ0) is 13.1. The molecule has 1 saturated carbocycles. The lowest BCUT2D eigenvalue weighted by molar-refractivity contribution is 0.308. The molecule has 4 nitrogen and oxygen atoms in total. The highest BCUT2D eigenvalue weighted by molar-refractivity contribution is 7.91. The highest BCUT2D eigenvalue weighted by atomic mass is 32.2. The number of nitriles is 1. The maximum absolute atomic E-state index is 11.5. The fraction of sp³-hybridized carbons (Fsp3) is 0.923. The molecule has 0 amide bonds. The molecule has 0 atom stereocenters. The largest absolute Gasteiger partial charge is 0.297 e. The van der Waals surface area contributed by atoms with Crippen LogP contribution in [0.25, 0.3) is 0 Å². The summed E-state index contributed by atoms with van der Waals surface area (Å²) >= 11 is 0. The number of nitrogens with one attached hydrogen (secondary N) is 1. The van der Waals surface area contributed by atoms with Crippen LogP contribution in [0.5, 0.6) is 0 Å². The highest BCUT2D eigenvalue weighted by Gasteiger charge is 2.38. The van der Waals surface area contributed by atoms with Gasteiger partial charge in [-0.2, -0.15) is 5.26 Å². The zero-order valence-electron chi connectivity index (χ0n) is 10.8. The topological polar surface area (TPSA) is 70.0 Å². The van der Waals surface area contributed by atoms with Crippen molar-refractivity contribution in [2.24, 2.45) is 0 Å². The van der Waals surface area contributed by atoms with Crippen LogP contribution in [0, 0.1) is 11.3 Å². The van der Waals surface area contributed by atoms with Crippen LogP contribution < -0.4 is 5.32 Å². The van der Waals surface area contributed by atoms with Crippen molar-refractivity contribution in [1.82, 2.24) is 5.32 Å². The maximum Gasteiger partial charge on any atom is 0.150 e. The monoisotopic (exact) mass is 270 g/mol. The summed E-state index contributed by atoms with van der Waals surface area (Å²) in [6, 6.07) is 2.74. The van der Waals surface area contributed by atoms with Gasteiger partial charge in [0.05, 0.1) is 17.6 Å². The van der Waals surface area contributed by atoms with Gasteiger partial charge in [-0.25, -0.2) is 8.42 Å². The summed E-state index contributed by atoms with van der Waals surface area (Å²) in [7, 11) is -2.90. The quantitative estimate of drug-likeness (QED) is 0.776. The summed E-state index contributed by atoms with van der Waals surface area (Å²) < 4.78 is 22.9. The van der Waals surface area contributed by atoms with Crippen molar-refractivity contribution in [1.29, 1.82) is 5.26 Å². The zero-order valence-corrected chi connectivity index (χ0v) is 11.6. The van der Waals surface area contributed by atoms with Gasteiger partial charge in [-0.1, -0.05) is 25.7 Å². The molecular weight excluding hydrogens is 248 g/mol. The van der Waals surface area contributed by atoms with Gasteiger partial charge in [0, 0.05) is 6.04 Å². The van der Waals surface area contributed by atoms with Gasteiger partial charge in [-0.15, -0.1) is 0 Å². The predicted molar refractivity (Wildman–Crippen MR) is 70.9 cm³/mol. The summed E-state index contributed by atoms with van der Waals surface area (Å²) in [6.45, 7) is 0. The first kappa shape index (κ1) is 13.8. The summed E-state index contributed by atoms with van der Waals surface area (Å²) in [5, 5.41) is 12.9. The molecule has 18 heavy (non-hydrogen) atoms. The number of hydrogen-bond donors (Lipinski definition) is 1. The minimum atomic E-state index is -2.90. The summed E-state index contributed by atoms with van der Waals surface area (Å²) in [4.78, 5) is 0. The van der Waals surface area contributed by atoms with Crippen molar-refractivity contribution in [2.75, 3.05) is 11.5 Å². The van der Waals surface area contributed by atoms with Crippen molar-refractivity contribution < 1.29 is 8.42 Å². The summed E-state index contributed by atoms with van der Waals surface area (Å²) in [6.07, 6.45) is 8.14. The van der Waals surface area contributed by atoms with E-state index in [0.717, 1.165) is 12.8 Å². The third-order valence-corrected chi connectivity index (χ3v) is 5.88. The second-order valence-electron chi connectivity index (χ2n) is 5.68. The lowest BCUT2D eigenvalue weighted by Gasteiger charge is -2.35. The lowest BCUT2D eigenvalue weighted by Crippen LogP contribution is -2.53. The van der Waals surface area contributed by atoms with Gasteiger partial charge in [0.1, 0.15) is 5.54 Å². The van der Waals surface area contributed by atoms with E-state index in [1.807, 2.05) is 0 Å². The van der Waals surface area contributed by atoms with Crippen molar-refractivity contribution >= 4 is 9.84 Å². The van der Waals surface area contributed by atoms with Gasteiger partial charge in [-0.05, 0) is 25.7 Å².